The summed E-state index contributed by atoms with van der Waals surface area (Å²) in [7, 11) is 1.79. The molecule has 0 unspecified atom stereocenters. The number of benzene rings is 1. The van der Waals surface area contributed by atoms with Crippen LogP contribution in [0.15, 0.2) is 41.4 Å². The number of thioether (sulfide) groups is 1. The molecule has 0 amide bonds. The summed E-state index contributed by atoms with van der Waals surface area (Å²) in [6.45, 7) is 0.503. The van der Waals surface area contributed by atoms with E-state index >= 15 is 0 Å². The number of halogens is 1. The molecule has 3 nitrogen and oxygen atoms in total. The van der Waals surface area contributed by atoms with Crippen LogP contribution < -0.4 is 10.1 Å². The van der Waals surface area contributed by atoms with E-state index in [1.54, 1.807) is 18.8 Å². The molecule has 1 aromatic carbocycles. The van der Waals surface area contributed by atoms with Crippen molar-refractivity contribution in [2.75, 3.05) is 13.3 Å². The molecular weight excluding hydrogens is 263 g/mol. The van der Waals surface area contributed by atoms with Crippen molar-refractivity contribution in [3.63, 3.8) is 0 Å². The molecule has 0 atom stereocenters. The van der Waals surface area contributed by atoms with Gasteiger partial charge in [-0.3, -0.25) is 0 Å². The van der Waals surface area contributed by atoms with E-state index in [4.69, 9.17) is 4.74 Å². The van der Waals surface area contributed by atoms with Gasteiger partial charge in [0.15, 0.2) is 0 Å². The van der Waals surface area contributed by atoms with Gasteiger partial charge in [-0.05, 0) is 43.6 Å². The van der Waals surface area contributed by atoms with Crippen molar-refractivity contribution >= 4 is 11.8 Å². The number of hydrogen-bond donors (Lipinski definition) is 1. The van der Waals surface area contributed by atoms with Crippen LogP contribution in [-0.4, -0.2) is 18.3 Å². The van der Waals surface area contributed by atoms with Gasteiger partial charge in [-0.1, -0.05) is 0 Å². The second-order valence-electron chi connectivity index (χ2n) is 3.93. The van der Waals surface area contributed by atoms with Crippen LogP contribution in [0.25, 0.3) is 0 Å². The molecule has 0 fully saturated rings. The first-order valence-electron chi connectivity index (χ1n) is 5.84. The average Bonchev–Trinajstić information content (AvgIpc) is 2.43. The maximum atomic E-state index is 13.2. The monoisotopic (exact) mass is 278 g/mol. The van der Waals surface area contributed by atoms with Gasteiger partial charge in [-0.25, -0.2) is 9.37 Å². The smallest absolute Gasteiger partial charge is 0.223 e. The summed E-state index contributed by atoms with van der Waals surface area (Å²) in [5.74, 6) is 0.747. The molecule has 19 heavy (non-hydrogen) atoms. The summed E-state index contributed by atoms with van der Waals surface area (Å²) in [4.78, 5) is 5.15. The summed E-state index contributed by atoms with van der Waals surface area (Å²) in [5, 5.41) is 2.97. The van der Waals surface area contributed by atoms with Gasteiger partial charge in [0.05, 0.1) is 6.20 Å². The van der Waals surface area contributed by atoms with Gasteiger partial charge in [0.2, 0.25) is 5.88 Å². The fraction of sp³-hybridized carbons (Fsp3) is 0.214. The molecule has 0 saturated heterocycles. The Morgan fingerprint density at radius 2 is 2.05 bits per heavy atom. The third kappa shape index (κ3) is 3.68. The zero-order valence-corrected chi connectivity index (χ0v) is 11.6. The quantitative estimate of drug-likeness (QED) is 0.849. The molecule has 0 bridgehead atoms. The Morgan fingerprint density at radius 1 is 1.32 bits per heavy atom. The van der Waals surface area contributed by atoms with Gasteiger partial charge in [0, 0.05) is 17.0 Å². The van der Waals surface area contributed by atoms with E-state index in [1.165, 1.54) is 6.07 Å². The highest BCUT2D eigenvalue weighted by atomic mass is 32.2. The van der Waals surface area contributed by atoms with Gasteiger partial charge in [-0.15, -0.1) is 11.8 Å². The number of hydrogen-bond acceptors (Lipinski definition) is 4. The Balaban J connectivity index is 2.21. The molecule has 0 saturated carbocycles. The number of nitrogens with zero attached hydrogens (tertiary/aromatic N) is 1. The van der Waals surface area contributed by atoms with Gasteiger partial charge in [0.1, 0.15) is 11.6 Å². The first kappa shape index (κ1) is 13.8. The minimum Gasteiger partial charge on any atom is -0.439 e. The SMILES string of the molecule is CNCc1cc(F)cnc1Oc1ccc(SC)cc1. The van der Waals surface area contributed by atoms with Crippen molar-refractivity contribution in [2.24, 2.45) is 0 Å². The van der Waals surface area contributed by atoms with E-state index < -0.39 is 0 Å². The normalized spacial score (nSPS) is 10.5. The van der Waals surface area contributed by atoms with E-state index in [0.29, 0.717) is 23.7 Å². The first-order valence-corrected chi connectivity index (χ1v) is 7.06. The Labute approximate surface area is 116 Å². The molecule has 0 aliphatic carbocycles. The molecular formula is C14H15FN2OS. The Morgan fingerprint density at radius 3 is 2.68 bits per heavy atom. The topological polar surface area (TPSA) is 34.2 Å². The Kier molecular flexibility index (Phi) is 4.76. The number of rotatable bonds is 5. The molecule has 2 aromatic rings. The Hall–Kier alpha value is -1.59. The average molecular weight is 278 g/mol. The molecule has 1 N–H and O–H groups in total. The van der Waals surface area contributed by atoms with Crippen LogP contribution in [-0.2, 0) is 6.54 Å². The van der Waals surface area contributed by atoms with Crippen molar-refractivity contribution in [3.05, 3.63) is 47.9 Å². The van der Waals surface area contributed by atoms with E-state index in [0.717, 1.165) is 11.1 Å². The zero-order chi connectivity index (χ0) is 13.7. The number of ether oxygens (including phenoxy) is 1. The molecule has 2 rings (SSSR count). The summed E-state index contributed by atoms with van der Waals surface area (Å²) >= 11 is 1.67. The lowest BCUT2D eigenvalue weighted by Gasteiger charge is -2.10. The maximum Gasteiger partial charge on any atom is 0.223 e. The lowest BCUT2D eigenvalue weighted by molar-refractivity contribution is 0.449. The van der Waals surface area contributed by atoms with Crippen LogP contribution in [0.4, 0.5) is 4.39 Å². The predicted molar refractivity (Wildman–Crippen MR) is 75.3 cm³/mol. The van der Waals surface area contributed by atoms with Gasteiger partial charge < -0.3 is 10.1 Å². The third-order valence-electron chi connectivity index (χ3n) is 2.53. The fourth-order valence-electron chi connectivity index (χ4n) is 1.63. The van der Waals surface area contributed by atoms with Crippen molar-refractivity contribution < 1.29 is 9.13 Å². The summed E-state index contributed by atoms with van der Waals surface area (Å²) in [5.41, 5.74) is 0.691. The first-order chi connectivity index (χ1) is 9.22. The second kappa shape index (κ2) is 6.54. The molecule has 1 aromatic heterocycles. The van der Waals surface area contributed by atoms with Crippen LogP contribution in [0, 0.1) is 5.82 Å². The van der Waals surface area contributed by atoms with Crippen LogP contribution in [0.3, 0.4) is 0 Å². The predicted octanol–water partition coefficient (Wildman–Crippen LogP) is 3.45. The largest absolute Gasteiger partial charge is 0.439 e. The summed E-state index contributed by atoms with van der Waals surface area (Å²) < 4.78 is 18.8. The fourth-order valence-corrected chi connectivity index (χ4v) is 2.04. The minimum absolute atomic E-state index is 0.365. The second-order valence-corrected chi connectivity index (χ2v) is 4.81. The van der Waals surface area contributed by atoms with Crippen LogP contribution >= 0.6 is 11.8 Å². The van der Waals surface area contributed by atoms with E-state index in [1.807, 2.05) is 30.5 Å². The lowest BCUT2D eigenvalue weighted by atomic mass is 10.2. The summed E-state index contributed by atoms with van der Waals surface area (Å²) in [6.07, 6.45) is 3.17. The molecule has 1 heterocycles. The van der Waals surface area contributed by atoms with Crippen molar-refractivity contribution in [2.45, 2.75) is 11.4 Å². The van der Waals surface area contributed by atoms with Crippen LogP contribution in [0.2, 0.25) is 0 Å². The highest BCUT2D eigenvalue weighted by Crippen LogP contribution is 2.25. The molecule has 0 spiro atoms. The van der Waals surface area contributed by atoms with E-state index in [2.05, 4.69) is 10.3 Å². The van der Waals surface area contributed by atoms with E-state index in [-0.39, 0.29) is 5.82 Å². The van der Waals surface area contributed by atoms with Gasteiger partial charge >= 0.3 is 0 Å². The minimum atomic E-state index is -0.365. The van der Waals surface area contributed by atoms with Crippen LogP contribution in [0.5, 0.6) is 11.6 Å². The van der Waals surface area contributed by atoms with E-state index in [9.17, 15) is 4.39 Å². The van der Waals surface area contributed by atoms with Crippen molar-refractivity contribution in [1.29, 1.82) is 0 Å². The molecule has 0 aliphatic heterocycles. The standard InChI is InChI=1S/C14H15FN2OS/c1-16-8-10-7-11(15)9-17-14(10)18-12-3-5-13(19-2)6-4-12/h3-7,9,16H,8H2,1-2H3. The van der Waals surface area contributed by atoms with Gasteiger partial charge in [0.25, 0.3) is 0 Å². The maximum absolute atomic E-state index is 13.2. The molecule has 100 valence electrons. The lowest BCUT2D eigenvalue weighted by Crippen LogP contribution is -2.07. The third-order valence-corrected chi connectivity index (χ3v) is 3.28. The van der Waals surface area contributed by atoms with Crippen molar-refractivity contribution in [1.82, 2.24) is 10.3 Å². The highest BCUT2D eigenvalue weighted by Gasteiger charge is 2.08. The number of aromatic nitrogens is 1. The van der Waals surface area contributed by atoms with Crippen molar-refractivity contribution in [3.8, 4) is 11.6 Å². The highest BCUT2D eigenvalue weighted by molar-refractivity contribution is 7.98. The Bertz CT molecular complexity index is 546. The number of nitrogens with one attached hydrogen (secondary N) is 1. The summed E-state index contributed by atoms with van der Waals surface area (Å²) in [6, 6.07) is 9.12. The number of pyridine rings is 1. The molecule has 5 heteroatoms. The molecule has 0 radical (unpaired) electrons. The van der Waals surface area contributed by atoms with Gasteiger partial charge in [-0.2, -0.15) is 0 Å². The van der Waals surface area contributed by atoms with Crippen LogP contribution in [0.1, 0.15) is 5.56 Å². The molecule has 0 aliphatic rings. The zero-order valence-electron chi connectivity index (χ0n) is 10.8.